The third-order valence-electron chi connectivity index (χ3n) is 4.93. The number of rotatable bonds is 3. The number of likely N-dealkylation sites (tertiary alicyclic amines) is 1. The van der Waals surface area contributed by atoms with E-state index in [1.165, 1.54) is 0 Å². The zero-order chi connectivity index (χ0) is 15.7. The van der Waals surface area contributed by atoms with Crippen LogP contribution in [-0.4, -0.2) is 48.2 Å². The number of aliphatic hydroxyl groups excluding tert-OH is 1. The molecule has 2 saturated heterocycles. The zero-order valence-electron chi connectivity index (χ0n) is 13.0. The average molecular weight is 323 g/mol. The van der Waals surface area contributed by atoms with Crippen LogP contribution in [0.15, 0.2) is 24.3 Å². The highest BCUT2D eigenvalue weighted by molar-refractivity contribution is 6.30. The van der Waals surface area contributed by atoms with E-state index in [1.807, 2.05) is 29.2 Å². The summed E-state index contributed by atoms with van der Waals surface area (Å²) in [6.07, 6.45) is 2.91. The van der Waals surface area contributed by atoms with Gasteiger partial charge >= 0.3 is 0 Å². The van der Waals surface area contributed by atoms with Gasteiger partial charge in [-0.2, -0.15) is 0 Å². The molecule has 1 aromatic carbocycles. The second-order valence-corrected chi connectivity index (χ2v) is 7.25. The Morgan fingerprint density at radius 1 is 1.41 bits per heavy atom. The van der Waals surface area contributed by atoms with Crippen molar-refractivity contribution in [1.82, 2.24) is 4.90 Å². The summed E-state index contributed by atoms with van der Waals surface area (Å²) < 4.78 is 0. The zero-order valence-corrected chi connectivity index (χ0v) is 13.7. The number of halogens is 1. The van der Waals surface area contributed by atoms with Gasteiger partial charge in [-0.3, -0.25) is 9.69 Å². The van der Waals surface area contributed by atoms with Gasteiger partial charge in [-0.25, -0.2) is 0 Å². The molecular weight excluding hydrogens is 300 g/mol. The van der Waals surface area contributed by atoms with E-state index in [0.29, 0.717) is 5.02 Å². The van der Waals surface area contributed by atoms with Gasteiger partial charge in [-0.1, -0.05) is 24.6 Å². The highest BCUT2D eigenvalue weighted by Gasteiger charge is 2.41. The summed E-state index contributed by atoms with van der Waals surface area (Å²) in [6, 6.07) is 7.41. The SMILES string of the molecule is CC1(CO)CCCN(C2CCN(c3cccc(Cl)c3)C2=O)C1. The lowest BCUT2D eigenvalue weighted by Gasteiger charge is -2.41. The molecule has 0 radical (unpaired) electrons. The molecule has 1 amide bonds. The van der Waals surface area contributed by atoms with Gasteiger partial charge in [-0.05, 0) is 44.0 Å². The molecule has 0 aliphatic carbocycles. The Morgan fingerprint density at radius 2 is 2.23 bits per heavy atom. The molecule has 1 N–H and O–H groups in total. The van der Waals surface area contributed by atoms with E-state index in [9.17, 15) is 9.90 Å². The summed E-state index contributed by atoms with van der Waals surface area (Å²) >= 11 is 6.04. The van der Waals surface area contributed by atoms with Gasteiger partial charge in [0, 0.05) is 35.8 Å². The van der Waals surface area contributed by atoms with Crippen molar-refractivity contribution in [3.8, 4) is 0 Å². The Hall–Kier alpha value is -1.10. The van der Waals surface area contributed by atoms with Crippen molar-refractivity contribution < 1.29 is 9.90 Å². The molecule has 0 saturated carbocycles. The monoisotopic (exact) mass is 322 g/mol. The predicted octanol–water partition coefficient (Wildman–Crippen LogP) is 2.54. The number of carbonyl (C=O) groups is 1. The van der Waals surface area contributed by atoms with E-state index in [2.05, 4.69) is 11.8 Å². The van der Waals surface area contributed by atoms with Crippen LogP contribution in [-0.2, 0) is 4.79 Å². The summed E-state index contributed by atoms with van der Waals surface area (Å²) in [5.41, 5.74) is 0.795. The van der Waals surface area contributed by atoms with Crippen molar-refractivity contribution in [3.05, 3.63) is 29.3 Å². The number of aliphatic hydroxyl groups is 1. The topological polar surface area (TPSA) is 43.8 Å². The maximum atomic E-state index is 12.8. The van der Waals surface area contributed by atoms with Crippen molar-refractivity contribution >= 4 is 23.2 Å². The van der Waals surface area contributed by atoms with E-state index in [0.717, 1.165) is 44.6 Å². The van der Waals surface area contributed by atoms with Crippen LogP contribution >= 0.6 is 11.6 Å². The van der Waals surface area contributed by atoms with Crippen molar-refractivity contribution in [2.24, 2.45) is 5.41 Å². The Kier molecular flexibility index (Phi) is 4.44. The molecule has 1 aromatic rings. The van der Waals surface area contributed by atoms with Crippen LogP contribution in [0.25, 0.3) is 0 Å². The average Bonchev–Trinajstić information content (AvgIpc) is 2.89. The lowest BCUT2D eigenvalue weighted by Crippen LogP contribution is -2.51. The molecule has 2 aliphatic rings. The van der Waals surface area contributed by atoms with Crippen molar-refractivity contribution in [2.45, 2.75) is 32.2 Å². The summed E-state index contributed by atoms with van der Waals surface area (Å²) in [6.45, 7) is 4.75. The number of nitrogens with zero attached hydrogens (tertiary/aromatic N) is 2. The molecule has 0 bridgehead atoms. The van der Waals surface area contributed by atoms with Crippen LogP contribution in [0.2, 0.25) is 5.02 Å². The molecule has 4 nitrogen and oxygen atoms in total. The third kappa shape index (κ3) is 3.00. The second-order valence-electron chi connectivity index (χ2n) is 6.82. The number of carbonyl (C=O) groups excluding carboxylic acids is 1. The van der Waals surface area contributed by atoms with Gasteiger partial charge in [0.05, 0.1) is 6.04 Å². The maximum absolute atomic E-state index is 12.8. The summed E-state index contributed by atoms with van der Waals surface area (Å²) in [5, 5.41) is 10.3. The Balaban J connectivity index is 1.74. The van der Waals surface area contributed by atoms with E-state index in [1.54, 1.807) is 0 Å². The number of anilines is 1. The molecule has 22 heavy (non-hydrogen) atoms. The minimum absolute atomic E-state index is 0.0647. The number of hydrogen-bond donors (Lipinski definition) is 1. The summed E-state index contributed by atoms with van der Waals surface area (Å²) in [7, 11) is 0. The molecule has 0 aromatic heterocycles. The highest BCUT2D eigenvalue weighted by Crippen LogP contribution is 2.33. The first kappa shape index (κ1) is 15.8. The van der Waals surface area contributed by atoms with Gasteiger partial charge in [-0.15, -0.1) is 0 Å². The number of benzene rings is 1. The summed E-state index contributed by atoms with van der Waals surface area (Å²) in [4.78, 5) is 16.9. The fourth-order valence-electron chi connectivity index (χ4n) is 3.66. The van der Waals surface area contributed by atoms with Crippen molar-refractivity contribution in [2.75, 3.05) is 31.1 Å². The third-order valence-corrected chi connectivity index (χ3v) is 5.17. The Labute approximate surface area is 136 Å². The van der Waals surface area contributed by atoms with Crippen LogP contribution < -0.4 is 4.90 Å². The number of hydrogen-bond acceptors (Lipinski definition) is 3. The standard InChI is InChI=1S/C17H23ClN2O2/c1-17(12-21)7-3-8-19(11-17)15-6-9-20(16(15)22)14-5-2-4-13(18)10-14/h2,4-5,10,15,21H,3,6-9,11-12H2,1H3. The van der Waals surface area contributed by atoms with Crippen LogP contribution in [0.4, 0.5) is 5.69 Å². The van der Waals surface area contributed by atoms with E-state index in [4.69, 9.17) is 11.6 Å². The van der Waals surface area contributed by atoms with Gasteiger partial charge in [0.1, 0.15) is 0 Å². The van der Waals surface area contributed by atoms with Crippen molar-refractivity contribution in [1.29, 1.82) is 0 Å². The number of piperidine rings is 1. The first-order chi connectivity index (χ1) is 10.5. The quantitative estimate of drug-likeness (QED) is 0.930. The van der Waals surface area contributed by atoms with Crippen LogP contribution in [0.5, 0.6) is 0 Å². The summed E-state index contributed by atoms with van der Waals surface area (Å²) in [5.74, 6) is 0.157. The Bertz CT molecular complexity index is 565. The first-order valence-electron chi connectivity index (χ1n) is 7.94. The molecular formula is C17H23ClN2O2. The maximum Gasteiger partial charge on any atom is 0.244 e. The predicted molar refractivity (Wildman–Crippen MR) is 88.2 cm³/mol. The fraction of sp³-hybridized carbons (Fsp3) is 0.588. The van der Waals surface area contributed by atoms with Crippen LogP contribution in [0.3, 0.4) is 0 Å². The first-order valence-corrected chi connectivity index (χ1v) is 8.32. The molecule has 2 aliphatic heterocycles. The van der Waals surface area contributed by atoms with Gasteiger partial charge in [0.2, 0.25) is 5.91 Å². The fourth-order valence-corrected chi connectivity index (χ4v) is 3.84. The van der Waals surface area contributed by atoms with E-state index in [-0.39, 0.29) is 24.0 Å². The van der Waals surface area contributed by atoms with Crippen LogP contribution in [0, 0.1) is 5.41 Å². The molecule has 3 rings (SSSR count). The Morgan fingerprint density at radius 3 is 2.95 bits per heavy atom. The molecule has 2 fully saturated rings. The van der Waals surface area contributed by atoms with E-state index >= 15 is 0 Å². The van der Waals surface area contributed by atoms with E-state index < -0.39 is 0 Å². The van der Waals surface area contributed by atoms with Crippen LogP contribution in [0.1, 0.15) is 26.2 Å². The molecule has 2 atom stereocenters. The molecule has 5 heteroatoms. The van der Waals surface area contributed by atoms with Gasteiger partial charge < -0.3 is 10.0 Å². The molecule has 0 spiro atoms. The highest BCUT2D eigenvalue weighted by atomic mass is 35.5. The largest absolute Gasteiger partial charge is 0.396 e. The second kappa shape index (κ2) is 6.19. The number of amides is 1. The molecule has 2 heterocycles. The minimum Gasteiger partial charge on any atom is -0.396 e. The normalized spacial score (nSPS) is 30.0. The minimum atomic E-state index is -0.0813. The lowest BCUT2D eigenvalue weighted by atomic mass is 9.82. The van der Waals surface area contributed by atoms with Crippen molar-refractivity contribution in [3.63, 3.8) is 0 Å². The smallest absolute Gasteiger partial charge is 0.244 e. The van der Waals surface area contributed by atoms with Gasteiger partial charge in [0.25, 0.3) is 0 Å². The van der Waals surface area contributed by atoms with Gasteiger partial charge in [0.15, 0.2) is 0 Å². The lowest BCUT2D eigenvalue weighted by molar-refractivity contribution is -0.123. The molecule has 2 unspecified atom stereocenters. The molecule has 120 valence electrons.